The molecule has 1 heterocycles. The van der Waals surface area contributed by atoms with Gasteiger partial charge >= 0.3 is 18.1 Å². The van der Waals surface area contributed by atoms with E-state index in [-0.39, 0.29) is 25.1 Å². The summed E-state index contributed by atoms with van der Waals surface area (Å²) in [6.07, 6.45) is -4.73. The minimum atomic E-state index is -4.94. The number of methoxy groups -OCH3 is 2. The molecule has 120 valence electrons. The van der Waals surface area contributed by atoms with Gasteiger partial charge in [-0.1, -0.05) is 0 Å². The molecule has 0 unspecified atom stereocenters. The molecule has 0 bridgehead atoms. The zero-order chi connectivity index (χ0) is 16.5. The van der Waals surface area contributed by atoms with Crippen molar-refractivity contribution in [3.05, 3.63) is 28.8 Å². The van der Waals surface area contributed by atoms with Crippen LogP contribution in [0.2, 0.25) is 0 Å². The largest absolute Gasteiger partial charge is 0.497 e. The summed E-state index contributed by atoms with van der Waals surface area (Å²) < 4.78 is 47.4. The van der Waals surface area contributed by atoms with Crippen LogP contribution in [0, 0.1) is 0 Å². The van der Waals surface area contributed by atoms with Crippen LogP contribution in [-0.4, -0.2) is 43.7 Å². The number of amides is 1. The molecule has 0 aliphatic carbocycles. The topological polar surface area (TPSA) is 55.8 Å². The van der Waals surface area contributed by atoms with Gasteiger partial charge in [0.05, 0.1) is 19.8 Å². The van der Waals surface area contributed by atoms with Crippen LogP contribution in [0.15, 0.2) is 12.1 Å². The van der Waals surface area contributed by atoms with Crippen LogP contribution < -0.4 is 4.74 Å². The van der Waals surface area contributed by atoms with Crippen molar-refractivity contribution >= 4 is 11.9 Å². The molecule has 0 saturated heterocycles. The maximum absolute atomic E-state index is 12.6. The summed E-state index contributed by atoms with van der Waals surface area (Å²) >= 11 is 0. The Balaban J connectivity index is 2.41. The lowest BCUT2D eigenvalue weighted by Gasteiger charge is -2.30. The van der Waals surface area contributed by atoms with E-state index in [4.69, 9.17) is 4.74 Å². The van der Waals surface area contributed by atoms with Gasteiger partial charge < -0.3 is 14.4 Å². The van der Waals surface area contributed by atoms with Crippen LogP contribution in [0.3, 0.4) is 0 Å². The van der Waals surface area contributed by atoms with Gasteiger partial charge in [0.2, 0.25) is 0 Å². The molecule has 1 aliphatic rings. The fourth-order valence-corrected chi connectivity index (χ4v) is 2.40. The molecular formula is C14H14F3NO4. The second kappa shape index (κ2) is 5.86. The fourth-order valence-electron chi connectivity index (χ4n) is 2.40. The second-order valence-corrected chi connectivity index (χ2v) is 4.78. The number of hydrogen-bond acceptors (Lipinski definition) is 4. The first kappa shape index (κ1) is 16.1. The van der Waals surface area contributed by atoms with Gasteiger partial charge in [-0.2, -0.15) is 13.2 Å². The highest BCUT2D eigenvalue weighted by Crippen LogP contribution is 2.30. The minimum absolute atomic E-state index is 0.0703. The first-order valence-corrected chi connectivity index (χ1v) is 6.42. The summed E-state index contributed by atoms with van der Waals surface area (Å²) in [6.45, 7) is -0.360. The Kier molecular flexibility index (Phi) is 4.30. The molecule has 0 saturated carbocycles. The quantitative estimate of drug-likeness (QED) is 0.782. The highest BCUT2D eigenvalue weighted by molar-refractivity contribution is 5.92. The van der Waals surface area contributed by atoms with Gasteiger partial charge in [-0.05, 0) is 29.7 Å². The Bertz CT molecular complexity index is 613. The van der Waals surface area contributed by atoms with E-state index in [9.17, 15) is 22.8 Å². The number of esters is 1. The summed E-state index contributed by atoms with van der Waals surface area (Å²) in [6, 6.07) is 3.05. The van der Waals surface area contributed by atoms with E-state index in [0.717, 1.165) is 0 Å². The lowest BCUT2D eigenvalue weighted by atomic mass is 9.94. The first-order valence-electron chi connectivity index (χ1n) is 6.42. The molecule has 0 aromatic heterocycles. The predicted molar refractivity (Wildman–Crippen MR) is 69.5 cm³/mol. The molecule has 1 aliphatic heterocycles. The van der Waals surface area contributed by atoms with Gasteiger partial charge in [-0.3, -0.25) is 4.79 Å². The van der Waals surface area contributed by atoms with Crippen molar-refractivity contribution in [3.63, 3.8) is 0 Å². The zero-order valence-corrected chi connectivity index (χ0v) is 12.0. The summed E-state index contributed by atoms with van der Waals surface area (Å²) in [5.41, 5.74) is 1.14. The highest BCUT2D eigenvalue weighted by Gasteiger charge is 2.43. The molecule has 1 amide bonds. The Morgan fingerprint density at radius 2 is 1.91 bits per heavy atom. The van der Waals surface area contributed by atoms with Crippen molar-refractivity contribution in [1.29, 1.82) is 0 Å². The normalized spacial score (nSPS) is 14.3. The number of alkyl halides is 3. The van der Waals surface area contributed by atoms with Crippen LogP contribution in [0.25, 0.3) is 0 Å². The third-order valence-corrected chi connectivity index (χ3v) is 3.49. The van der Waals surface area contributed by atoms with E-state index in [0.29, 0.717) is 21.8 Å². The molecule has 0 fully saturated rings. The average Bonchev–Trinajstić information content (AvgIpc) is 2.50. The van der Waals surface area contributed by atoms with Crippen LogP contribution in [0.4, 0.5) is 13.2 Å². The Hall–Kier alpha value is -2.25. The fraction of sp³-hybridized carbons (Fsp3) is 0.429. The predicted octanol–water partition coefficient (Wildman–Crippen LogP) is 1.93. The van der Waals surface area contributed by atoms with E-state index < -0.39 is 18.1 Å². The maximum Gasteiger partial charge on any atom is 0.471 e. The van der Waals surface area contributed by atoms with Gasteiger partial charge in [-0.25, -0.2) is 4.79 Å². The monoisotopic (exact) mass is 317 g/mol. The molecule has 0 spiro atoms. The molecule has 1 aromatic rings. The van der Waals surface area contributed by atoms with Gasteiger partial charge in [0.25, 0.3) is 0 Å². The summed E-state index contributed by atoms with van der Waals surface area (Å²) in [4.78, 5) is 23.9. The maximum atomic E-state index is 12.6. The van der Waals surface area contributed by atoms with E-state index in [2.05, 4.69) is 4.74 Å². The molecular weight excluding hydrogens is 303 g/mol. The summed E-state index contributed by atoms with van der Waals surface area (Å²) in [7, 11) is 2.60. The number of halogens is 3. The highest BCUT2D eigenvalue weighted by atomic mass is 19.4. The van der Waals surface area contributed by atoms with Crippen molar-refractivity contribution < 1.29 is 32.2 Å². The smallest absolute Gasteiger partial charge is 0.471 e. The summed E-state index contributed by atoms with van der Waals surface area (Å²) in [5.74, 6) is -2.18. The van der Waals surface area contributed by atoms with Gasteiger partial charge in [0.15, 0.2) is 0 Å². The first-order chi connectivity index (χ1) is 10.3. The molecule has 2 rings (SSSR count). The van der Waals surface area contributed by atoms with Crippen molar-refractivity contribution in [2.45, 2.75) is 19.1 Å². The summed E-state index contributed by atoms with van der Waals surface area (Å²) in [5, 5.41) is 0. The zero-order valence-electron chi connectivity index (χ0n) is 12.0. The van der Waals surface area contributed by atoms with Crippen LogP contribution in [0.5, 0.6) is 5.75 Å². The number of benzene rings is 1. The van der Waals surface area contributed by atoms with Crippen molar-refractivity contribution in [1.82, 2.24) is 4.90 Å². The molecule has 0 atom stereocenters. The average molecular weight is 317 g/mol. The molecule has 22 heavy (non-hydrogen) atoms. The van der Waals surface area contributed by atoms with E-state index in [1.165, 1.54) is 20.3 Å². The van der Waals surface area contributed by atoms with Crippen molar-refractivity contribution in [3.8, 4) is 5.75 Å². The number of ether oxygens (including phenoxy) is 2. The van der Waals surface area contributed by atoms with Crippen LogP contribution >= 0.6 is 0 Å². The number of rotatable bonds is 2. The third kappa shape index (κ3) is 3.00. The van der Waals surface area contributed by atoms with E-state index in [1.807, 2.05) is 0 Å². The number of carbonyl (C=O) groups excluding carboxylic acids is 2. The van der Waals surface area contributed by atoms with E-state index >= 15 is 0 Å². The van der Waals surface area contributed by atoms with Crippen molar-refractivity contribution in [2.24, 2.45) is 0 Å². The standard InChI is InChI=1S/C14H14F3NO4/c1-21-9-5-8-3-4-18(13(20)14(15,16)17)7-11(8)10(6-9)12(19)22-2/h5-6H,3-4,7H2,1-2H3. The minimum Gasteiger partial charge on any atom is -0.497 e. The van der Waals surface area contributed by atoms with Gasteiger partial charge in [0.1, 0.15) is 5.75 Å². The number of nitrogens with zero attached hydrogens (tertiary/aromatic N) is 1. The van der Waals surface area contributed by atoms with Crippen LogP contribution in [-0.2, 0) is 22.5 Å². The Morgan fingerprint density at radius 1 is 1.23 bits per heavy atom. The third-order valence-electron chi connectivity index (χ3n) is 3.49. The molecule has 8 heteroatoms. The lowest BCUT2D eigenvalue weighted by molar-refractivity contribution is -0.186. The van der Waals surface area contributed by atoms with Crippen LogP contribution in [0.1, 0.15) is 21.5 Å². The Labute approximate surface area is 124 Å². The van der Waals surface area contributed by atoms with Gasteiger partial charge in [-0.15, -0.1) is 0 Å². The lowest BCUT2D eigenvalue weighted by Crippen LogP contribution is -2.44. The molecule has 0 radical (unpaired) electrons. The number of hydrogen-bond donors (Lipinski definition) is 0. The van der Waals surface area contributed by atoms with Crippen molar-refractivity contribution in [2.75, 3.05) is 20.8 Å². The SMILES string of the molecule is COC(=O)c1cc(OC)cc2c1CN(C(=O)C(F)(F)F)CC2. The Morgan fingerprint density at radius 3 is 2.45 bits per heavy atom. The second-order valence-electron chi connectivity index (χ2n) is 4.78. The number of fused-ring (bicyclic) bond motifs is 1. The number of carbonyl (C=O) groups is 2. The van der Waals surface area contributed by atoms with Gasteiger partial charge in [0, 0.05) is 13.1 Å². The van der Waals surface area contributed by atoms with E-state index in [1.54, 1.807) is 6.07 Å². The molecule has 0 N–H and O–H groups in total. The molecule has 1 aromatic carbocycles. The molecule has 5 nitrogen and oxygen atoms in total.